The molecule has 4 aliphatic heterocycles. The van der Waals surface area contributed by atoms with Gasteiger partial charge in [-0.25, -0.2) is 9.29 Å². The van der Waals surface area contributed by atoms with E-state index in [1.807, 2.05) is 4.90 Å². The van der Waals surface area contributed by atoms with Crippen LogP contribution in [0.4, 0.5) is 21.5 Å². The second kappa shape index (κ2) is 6.44. The number of imide groups is 1. The molecule has 0 bridgehead atoms. The Bertz CT molecular complexity index is 1300. The molecule has 2 aromatic rings. The van der Waals surface area contributed by atoms with Crippen LogP contribution in [0, 0.1) is 34.7 Å². The van der Waals surface area contributed by atoms with Gasteiger partial charge in [-0.3, -0.25) is 29.4 Å². The molecule has 3 fully saturated rings. The summed E-state index contributed by atoms with van der Waals surface area (Å²) in [5.74, 6) is -3.88. The lowest BCUT2D eigenvalue weighted by molar-refractivity contribution is -0.385. The van der Waals surface area contributed by atoms with E-state index in [2.05, 4.69) is 5.32 Å². The topological polar surface area (TPSA) is 113 Å². The summed E-state index contributed by atoms with van der Waals surface area (Å²) in [7, 11) is 0. The van der Waals surface area contributed by atoms with Crippen LogP contribution >= 0.6 is 0 Å². The first-order chi connectivity index (χ1) is 15.8. The Hall–Kier alpha value is -3.66. The van der Waals surface area contributed by atoms with E-state index in [1.165, 1.54) is 36.4 Å². The molecule has 33 heavy (non-hydrogen) atoms. The van der Waals surface area contributed by atoms with Gasteiger partial charge >= 0.3 is 0 Å². The molecule has 0 unspecified atom stereocenters. The van der Waals surface area contributed by atoms with E-state index < -0.39 is 45.8 Å². The fourth-order valence-corrected chi connectivity index (χ4v) is 6.36. The van der Waals surface area contributed by atoms with E-state index in [1.54, 1.807) is 6.92 Å². The highest BCUT2D eigenvalue weighted by Gasteiger charge is 2.74. The fraction of sp³-hybridized carbons (Fsp3) is 0.348. The Morgan fingerprint density at radius 1 is 1.15 bits per heavy atom. The normalized spacial score (nSPS) is 30.1. The van der Waals surface area contributed by atoms with Crippen LogP contribution in [-0.2, 0) is 19.9 Å². The molecule has 4 atom stereocenters. The lowest BCUT2D eigenvalue weighted by Gasteiger charge is -2.36. The standard InChI is InChI=1S/C23H19FN4O5/c1-11-4-6-13(10-17(11)28(32)33)27-20(29)18-16-3-2-8-26(16)23(19(18)21(27)30)14-9-12(24)5-7-15(14)25-22(23)31/h4-7,9-10,16,18-19H,2-3,8H2,1H3,(H,25,31)/t16-,18+,19+,23+/m0/s1. The number of hydrogen-bond acceptors (Lipinski definition) is 6. The Balaban J connectivity index is 1.54. The molecule has 4 aliphatic rings. The largest absolute Gasteiger partial charge is 0.324 e. The van der Waals surface area contributed by atoms with E-state index in [0.717, 1.165) is 11.3 Å². The first-order valence-corrected chi connectivity index (χ1v) is 10.8. The summed E-state index contributed by atoms with van der Waals surface area (Å²) >= 11 is 0. The van der Waals surface area contributed by atoms with E-state index in [4.69, 9.17) is 0 Å². The summed E-state index contributed by atoms with van der Waals surface area (Å²) in [5.41, 5.74) is -0.382. The number of nitrogens with zero attached hydrogens (tertiary/aromatic N) is 3. The second-order valence-corrected chi connectivity index (χ2v) is 9.06. The zero-order valence-corrected chi connectivity index (χ0v) is 17.6. The van der Waals surface area contributed by atoms with Gasteiger partial charge in [-0.1, -0.05) is 6.07 Å². The number of benzene rings is 2. The van der Waals surface area contributed by atoms with Crippen molar-refractivity contribution >= 4 is 34.8 Å². The Morgan fingerprint density at radius 2 is 1.94 bits per heavy atom. The number of nitro benzene ring substituents is 1. The van der Waals surface area contributed by atoms with Gasteiger partial charge in [0.1, 0.15) is 11.4 Å². The Labute approximate surface area is 187 Å². The number of amides is 3. The van der Waals surface area contributed by atoms with Crippen molar-refractivity contribution in [1.82, 2.24) is 4.90 Å². The SMILES string of the molecule is Cc1ccc(N2C(=O)[C@@H]3[C@@H]4CCCN4[C@@]4(C(=O)Nc5ccc(F)cc54)[C@H]3C2=O)cc1[N+](=O)[O-]. The van der Waals surface area contributed by atoms with Gasteiger partial charge in [0.05, 0.1) is 22.4 Å². The molecule has 0 aliphatic carbocycles. The molecule has 6 rings (SSSR count). The number of halogens is 1. The van der Waals surface area contributed by atoms with Crippen LogP contribution in [-0.4, -0.2) is 40.1 Å². The molecule has 0 saturated carbocycles. The first kappa shape index (κ1) is 20.0. The van der Waals surface area contributed by atoms with Crippen LogP contribution in [0.3, 0.4) is 0 Å². The van der Waals surface area contributed by atoms with Crippen LogP contribution in [0.25, 0.3) is 0 Å². The van der Waals surface area contributed by atoms with Gasteiger partial charge in [-0.2, -0.15) is 0 Å². The third kappa shape index (κ3) is 2.31. The fourth-order valence-electron chi connectivity index (χ4n) is 6.36. The number of carbonyl (C=O) groups is 3. The van der Waals surface area contributed by atoms with Crippen molar-refractivity contribution in [3.63, 3.8) is 0 Å². The van der Waals surface area contributed by atoms with Gasteiger partial charge < -0.3 is 5.32 Å². The second-order valence-electron chi connectivity index (χ2n) is 9.06. The number of nitrogens with one attached hydrogen (secondary N) is 1. The zero-order valence-electron chi connectivity index (χ0n) is 17.6. The minimum atomic E-state index is -1.48. The predicted molar refractivity (Wildman–Crippen MR) is 114 cm³/mol. The summed E-state index contributed by atoms with van der Waals surface area (Å²) in [6.07, 6.45) is 1.37. The highest BCUT2D eigenvalue weighted by atomic mass is 19.1. The molecule has 4 heterocycles. The number of hydrogen-bond donors (Lipinski definition) is 1. The molecule has 0 radical (unpaired) electrons. The lowest BCUT2D eigenvalue weighted by Crippen LogP contribution is -2.54. The molecule has 2 aromatic carbocycles. The minimum Gasteiger partial charge on any atom is -0.324 e. The number of nitro groups is 1. The average molecular weight is 450 g/mol. The summed E-state index contributed by atoms with van der Waals surface area (Å²) in [5, 5.41) is 14.2. The van der Waals surface area contributed by atoms with Gasteiger partial charge in [-0.15, -0.1) is 0 Å². The van der Waals surface area contributed by atoms with E-state index in [-0.39, 0.29) is 17.4 Å². The summed E-state index contributed by atoms with van der Waals surface area (Å²) in [6.45, 7) is 2.08. The maximum atomic E-state index is 14.3. The van der Waals surface area contributed by atoms with Crippen LogP contribution in [0.2, 0.25) is 0 Å². The monoisotopic (exact) mass is 450 g/mol. The van der Waals surface area contributed by atoms with E-state index in [0.29, 0.717) is 29.8 Å². The highest BCUT2D eigenvalue weighted by molar-refractivity contribution is 6.26. The molecule has 1 N–H and O–H groups in total. The summed E-state index contributed by atoms with van der Waals surface area (Å²) in [6, 6.07) is 7.84. The van der Waals surface area contributed by atoms with Gasteiger partial charge in [0.15, 0.2) is 0 Å². The molecule has 10 heteroatoms. The number of rotatable bonds is 2. The molecule has 3 saturated heterocycles. The first-order valence-electron chi connectivity index (χ1n) is 10.8. The van der Waals surface area contributed by atoms with Gasteiger partial charge in [-0.05, 0) is 50.6 Å². The molecular weight excluding hydrogens is 431 g/mol. The molecular formula is C23H19FN4O5. The summed E-state index contributed by atoms with van der Waals surface area (Å²) < 4.78 is 14.3. The summed E-state index contributed by atoms with van der Waals surface area (Å²) in [4.78, 5) is 54.7. The van der Waals surface area contributed by atoms with Gasteiger partial charge in [0.2, 0.25) is 17.7 Å². The highest BCUT2D eigenvalue weighted by Crippen LogP contribution is 2.60. The third-order valence-electron chi connectivity index (χ3n) is 7.60. The van der Waals surface area contributed by atoms with Crippen LogP contribution in [0.1, 0.15) is 24.0 Å². The number of aryl methyl sites for hydroxylation is 1. The number of carbonyl (C=O) groups excluding carboxylic acids is 3. The quantitative estimate of drug-likeness (QED) is 0.427. The molecule has 168 valence electrons. The molecule has 9 nitrogen and oxygen atoms in total. The number of fused-ring (bicyclic) bond motifs is 7. The van der Waals surface area contributed by atoms with Crippen molar-refractivity contribution in [3.8, 4) is 0 Å². The van der Waals surface area contributed by atoms with Crippen LogP contribution in [0.15, 0.2) is 36.4 Å². The minimum absolute atomic E-state index is 0.106. The van der Waals surface area contributed by atoms with E-state index in [9.17, 15) is 28.9 Å². The predicted octanol–water partition coefficient (Wildman–Crippen LogP) is 2.47. The van der Waals surface area contributed by atoms with Crippen molar-refractivity contribution < 1.29 is 23.7 Å². The Morgan fingerprint density at radius 3 is 2.70 bits per heavy atom. The third-order valence-corrected chi connectivity index (χ3v) is 7.60. The van der Waals surface area contributed by atoms with Crippen molar-refractivity contribution in [1.29, 1.82) is 0 Å². The average Bonchev–Trinajstić information content (AvgIpc) is 3.47. The van der Waals surface area contributed by atoms with Crippen LogP contribution in [0.5, 0.6) is 0 Å². The van der Waals surface area contributed by atoms with Crippen molar-refractivity contribution in [2.24, 2.45) is 11.8 Å². The van der Waals surface area contributed by atoms with E-state index >= 15 is 0 Å². The maximum absolute atomic E-state index is 14.3. The van der Waals surface area contributed by atoms with Crippen molar-refractivity contribution in [2.75, 3.05) is 16.8 Å². The maximum Gasteiger partial charge on any atom is 0.274 e. The number of anilines is 2. The van der Waals surface area contributed by atoms with Crippen LogP contribution < -0.4 is 10.2 Å². The zero-order chi connectivity index (χ0) is 23.2. The van der Waals surface area contributed by atoms with Gasteiger partial charge in [0.25, 0.3) is 5.69 Å². The molecule has 0 aromatic heterocycles. The smallest absolute Gasteiger partial charge is 0.274 e. The molecule has 1 spiro atoms. The Kier molecular flexibility index (Phi) is 3.90. The van der Waals surface area contributed by atoms with Gasteiger partial charge in [0, 0.05) is 28.9 Å². The van der Waals surface area contributed by atoms with Crippen molar-refractivity contribution in [2.45, 2.75) is 31.3 Å². The lowest BCUT2D eigenvalue weighted by atomic mass is 9.75. The van der Waals surface area contributed by atoms with Crippen molar-refractivity contribution in [3.05, 3.63) is 63.5 Å². The molecule has 3 amide bonds.